The van der Waals surface area contributed by atoms with Crippen LogP contribution in [0.3, 0.4) is 0 Å². The first-order valence-electron chi connectivity index (χ1n) is 11.4. The number of hydrogen-bond acceptors (Lipinski definition) is 7. The Morgan fingerprint density at radius 2 is 1.97 bits per heavy atom. The first-order chi connectivity index (χ1) is 16.1. The van der Waals surface area contributed by atoms with Crippen molar-refractivity contribution < 1.29 is 4.79 Å². The normalized spacial score (nSPS) is 15.6. The summed E-state index contributed by atoms with van der Waals surface area (Å²) in [6.07, 6.45) is 8.56. The summed E-state index contributed by atoms with van der Waals surface area (Å²) in [6.45, 7) is 6.05. The molecular formula is C24H27N5O2S2. The van der Waals surface area contributed by atoms with E-state index in [9.17, 15) is 9.59 Å². The zero-order valence-corrected chi connectivity index (χ0v) is 20.1. The quantitative estimate of drug-likeness (QED) is 0.309. The number of piperidine rings is 1. The van der Waals surface area contributed by atoms with Crippen LogP contribution in [0.25, 0.3) is 10.3 Å². The van der Waals surface area contributed by atoms with E-state index in [0.717, 1.165) is 49.6 Å². The maximum absolute atomic E-state index is 13.2. The summed E-state index contributed by atoms with van der Waals surface area (Å²) in [4.78, 5) is 37.4. The van der Waals surface area contributed by atoms with Gasteiger partial charge in [-0.05, 0) is 61.8 Å². The van der Waals surface area contributed by atoms with E-state index in [1.54, 1.807) is 10.6 Å². The molecule has 0 atom stereocenters. The Bertz CT molecular complexity index is 1260. The number of carbonyl (C=O) groups excluding carboxylic acids is 1. The molecule has 1 fully saturated rings. The van der Waals surface area contributed by atoms with Crippen LogP contribution < -0.4 is 15.8 Å². The largest absolute Gasteiger partial charge is 0.348 e. The number of aryl methyl sites for hydroxylation is 2. The summed E-state index contributed by atoms with van der Waals surface area (Å²) >= 11 is 2.67. The number of aromatic nitrogens is 3. The second-order valence-electron chi connectivity index (χ2n) is 8.47. The van der Waals surface area contributed by atoms with E-state index >= 15 is 0 Å². The van der Waals surface area contributed by atoms with Gasteiger partial charge in [-0.3, -0.25) is 14.2 Å². The third-order valence-corrected chi connectivity index (χ3v) is 8.19. The molecule has 3 heterocycles. The van der Waals surface area contributed by atoms with Gasteiger partial charge in [0, 0.05) is 25.3 Å². The van der Waals surface area contributed by atoms with Crippen LogP contribution in [0, 0.1) is 0 Å². The van der Waals surface area contributed by atoms with Gasteiger partial charge in [-0.2, -0.15) is 4.98 Å². The molecule has 7 nitrogen and oxygen atoms in total. The highest BCUT2D eigenvalue weighted by molar-refractivity contribution is 7.99. The van der Waals surface area contributed by atoms with Crippen molar-refractivity contribution in [1.29, 1.82) is 0 Å². The van der Waals surface area contributed by atoms with Crippen LogP contribution in [-0.4, -0.2) is 39.3 Å². The predicted molar refractivity (Wildman–Crippen MR) is 136 cm³/mol. The Morgan fingerprint density at radius 3 is 2.79 bits per heavy atom. The van der Waals surface area contributed by atoms with Crippen molar-refractivity contribution in [3.8, 4) is 0 Å². The molecule has 172 valence electrons. The van der Waals surface area contributed by atoms with Crippen molar-refractivity contribution in [1.82, 2.24) is 14.5 Å². The Labute approximate surface area is 200 Å². The first-order valence-corrected chi connectivity index (χ1v) is 13.2. The van der Waals surface area contributed by atoms with Crippen LogP contribution >= 0.6 is 23.1 Å². The zero-order valence-electron chi connectivity index (χ0n) is 18.5. The molecule has 0 saturated carbocycles. The Kier molecular flexibility index (Phi) is 6.50. The van der Waals surface area contributed by atoms with E-state index in [-0.39, 0.29) is 17.2 Å². The summed E-state index contributed by atoms with van der Waals surface area (Å²) in [6, 6.07) is 6.13. The molecule has 33 heavy (non-hydrogen) atoms. The van der Waals surface area contributed by atoms with Crippen LogP contribution in [0.15, 0.2) is 40.8 Å². The summed E-state index contributed by atoms with van der Waals surface area (Å²) in [5, 5.41) is 4.33. The molecule has 0 radical (unpaired) electrons. The van der Waals surface area contributed by atoms with E-state index in [1.165, 1.54) is 47.1 Å². The van der Waals surface area contributed by atoms with Crippen molar-refractivity contribution in [2.45, 2.75) is 50.2 Å². The average Bonchev–Trinajstić information content (AvgIpc) is 3.47. The topological polar surface area (TPSA) is 80.1 Å². The van der Waals surface area contributed by atoms with Crippen molar-refractivity contribution >= 4 is 50.2 Å². The van der Waals surface area contributed by atoms with Crippen molar-refractivity contribution in [2.75, 3.05) is 29.1 Å². The number of anilines is 2. The smallest absolute Gasteiger partial charge is 0.274 e. The lowest BCUT2D eigenvalue weighted by atomic mass is 10.1. The molecule has 1 aliphatic carbocycles. The monoisotopic (exact) mass is 481 g/mol. The summed E-state index contributed by atoms with van der Waals surface area (Å²) in [5.41, 5.74) is 3.86. The molecule has 1 N–H and O–H groups in total. The highest BCUT2D eigenvalue weighted by Crippen LogP contribution is 2.29. The number of allylic oxidation sites excluding steroid dienone is 1. The fourth-order valence-electron chi connectivity index (χ4n) is 4.47. The number of thioether (sulfide) groups is 1. The van der Waals surface area contributed by atoms with Crippen molar-refractivity contribution in [3.63, 3.8) is 0 Å². The highest BCUT2D eigenvalue weighted by Gasteiger charge is 2.20. The number of carbonyl (C=O) groups is 1. The van der Waals surface area contributed by atoms with Gasteiger partial charge >= 0.3 is 0 Å². The van der Waals surface area contributed by atoms with Gasteiger partial charge in [0.2, 0.25) is 5.91 Å². The van der Waals surface area contributed by atoms with Gasteiger partial charge in [0.1, 0.15) is 4.70 Å². The van der Waals surface area contributed by atoms with Crippen LogP contribution in [0.1, 0.15) is 36.8 Å². The number of nitrogens with zero attached hydrogens (tertiary/aromatic N) is 4. The third-order valence-electron chi connectivity index (χ3n) is 6.12. The van der Waals surface area contributed by atoms with E-state index in [2.05, 4.69) is 38.9 Å². The first kappa shape index (κ1) is 22.2. The molecule has 1 amide bonds. The molecule has 0 spiro atoms. The molecule has 1 aliphatic heterocycles. The molecule has 5 rings (SSSR count). The summed E-state index contributed by atoms with van der Waals surface area (Å²) < 4.78 is 2.14. The SMILES string of the molecule is C=CCn1c(SCC(=O)Nc2ccc3c(c2)CCC3)nc2nc(N3CCCCC3)sc2c1=O. The minimum Gasteiger partial charge on any atom is -0.348 e. The number of benzene rings is 1. The molecule has 3 aromatic rings. The number of thiazole rings is 1. The lowest BCUT2D eigenvalue weighted by Crippen LogP contribution is -2.29. The maximum atomic E-state index is 13.2. The van der Waals surface area contributed by atoms with Gasteiger partial charge in [-0.1, -0.05) is 35.2 Å². The van der Waals surface area contributed by atoms with E-state index in [0.29, 0.717) is 22.0 Å². The van der Waals surface area contributed by atoms with Gasteiger partial charge in [0.05, 0.1) is 5.75 Å². The Hall–Kier alpha value is -2.65. The molecule has 9 heteroatoms. The minimum atomic E-state index is -0.123. The lowest BCUT2D eigenvalue weighted by molar-refractivity contribution is -0.113. The van der Waals surface area contributed by atoms with Gasteiger partial charge in [-0.25, -0.2) is 4.98 Å². The second-order valence-corrected chi connectivity index (χ2v) is 10.4. The van der Waals surface area contributed by atoms with Crippen LogP contribution in [0.5, 0.6) is 0 Å². The number of nitrogens with one attached hydrogen (secondary N) is 1. The van der Waals surface area contributed by atoms with Gasteiger partial charge in [0.25, 0.3) is 5.56 Å². The van der Waals surface area contributed by atoms with Crippen LogP contribution in [-0.2, 0) is 24.2 Å². The van der Waals surface area contributed by atoms with Crippen molar-refractivity contribution in [2.24, 2.45) is 0 Å². The fraction of sp³-hybridized carbons (Fsp3) is 0.417. The number of amides is 1. The van der Waals surface area contributed by atoms with Gasteiger partial charge < -0.3 is 10.2 Å². The van der Waals surface area contributed by atoms with Crippen LogP contribution in [0.4, 0.5) is 10.8 Å². The Morgan fingerprint density at radius 1 is 1.15 bits per heavy atom. The standard InChI is InChI=1S/C24H27N5O2S2/c1-2-11-29-22(31)20-21(26-23(33-20)28-12-4-3-5-13-28)27-24(29)32-15-19(30)25-18-10-9-16-7-6-8-17(16)14-18/h2,9-10,14H,1,3-8,11-13,15H2,(H,25,30). The molecule has 2 aromatic heterocycles. The number of fused-ring (bicyclic) bond motifs is 2. The number of rotatable bonds is 7. The minimum absolute atomic E-state index is 0.121. The number of hydrogen-bond donors (Lipinski definition) is 1. The van der Waals surface area contributed by atoms with Crippen LogP contribution in [0.2, 0.25) is 0 Å². The molecule has 2 aliphatic rings. The highest BCUT2D eigenvalue weighted by atomic mass is 32.2. The van der Waals surface area contributed by atoms with Crippen molar-refractivity contribution in [3.05, 3.63) is 52.3 Å². The fourth-order valence-corrected chi connectivity index (χ4v) is 6.28. The molecular weight excluding hydrogens is 454 g/mol. The predicted octanol–water partition coefficient (Wildman–Crippen LogP) is 4.25. The van der Waals surface area contributed by atoms with Gasteiger partial charge in [-0.15, -0.1) is 6.58 Å². The molecule has 1 saturated heterocycles. The van der Waals surface area contributed by atoms with E-state index in [1.807, 2.05) is 6.07 Å². The zero-order chi connectivity index (χ0) is 22.8. The van der Waals surface area contributed by atoms with E-state index in [4.69, 9.17) is 0 Å². The second kappa shape index (κ2) is 9.69. The van der Waals surface area contributed by atoms with Gasteiger partial charge in [0.15, 0.2) is 15.9 Å². The Balaban J connectivity index is 1.34. The molecule has 1 aromatic carbocycles. The average molecular weight is 482 g/mol. The molecule has 0 unspecified atom stereocenters. The summed E-state index contributed by atoms with van der Waals surface area (Å²) in [5.74, 6) is 0.0414. The summed E-state index contributed by atoms with van der Waals surface area (Å²) in [7, 11) is 0. The maximum Gasteiger partial charge on any atom is 0.274 e. The van der Waals surface area contributed by atoms with E-state index < -0.39 is 0 Å². The lowest BCUT2D eigenvalue weighted by Gasteiger charge is -2.25. The molecule has 0 bridgehead atoms. The third kappa shape index (κ3) is 4.70.